The number of para-hydroxylation sites is 1. The maximum atomic E-state index is 12.6. The van der Waals surface area contributed by atoms with E-state index in [9.17, 15) is 4.79 Å². The zero-order chi connectivity index (χ0) is 15.7. The van der Waals surface area contributed by atoms with Crippen LogP contribution in [0.1, 0.15) is 32.3 Å². The zero-order valence-corrected chi connectivity index (χ0v) is 13.3. The third-order valence-electron chi connectivity index (χ3n) is 4.68. The highest BCUT2D eigenvalue weighted by Crippen LogP contribution is 2.27. The summed E-state index contributed by atoms with van der Waals surface area (Å²) in [5.74, 6) is 0.258. The Kier molecular flexibility index (Phi) is 4.21. The summed E-state index contributed by atoms with van der Waals surface area (Å²) in [6.45, 7) is 4.81. The van der Waals surface area contributed by atoms with Gasteiger partial charge in [-0.2, -0.15) is 0 Å². The van der Waals surface area contributed by atoms with Gasteiger partial charge in [0.25, 0.3) is 0 Å². The molecular weight excluding hydrogens is 276 g/mol. The van der Waals surface area contributed by atoms with Crippen LogP contribution in [0.5, 0.6) is 0 Å². The van der Waals surface area contributed by atoms with E-state index in [2.05, 4.69) is 6.07 Å². The van der Waals surface area contributed by atoms with Crippen molar-refractivity contribution in [1.29, 1.82) is 0 Å². The molecule has 2 N–H and O–H groups in total. The lowest BCUT2D eigenvalue weighted by Crippen LogP contribution is -2.48. The van der Waals surface area contributed by atoms with Crippen molar-refractivity contribution in [1.82, 2.24) is 4.90 Å². The molecule has 0 aliphatic carbocycles. The van der Waals surface area contributed by atoms with Crippen molar-refractivity contribution in [3.8, 4) is 0 Å². The van der Waals surface area contributed by atoms with Crippen molar-refractivity contribution in [2.45, 2.75) is 45.2 Å². The van der Waals surface area contributed by atoms with Crippen molar-refractivity contribution in [3.63, 3.8) is 0 Å². The molecule has 0 unspecified atom stereocenters. The molecule has 0 saturated carbocycles. The first-order chi connectivity index (χ1) is 10.6. The molecule has 1 aromatic carbocycles. The quantitative estimate of drug-likeness (QED) is 0.944. The number of benzene rings is 1. The largest absolute Gasteiger partial charge is 0.464 e. The molecule has 1 amide bonds. The monoisotopic (exact) mass is 300 g/mol. The van der Waals surface area contributed by atoms with Crippen LogP contribution < -0.4 is 5.73 Å². The Hall–Kier alpha value is -1.81. The Morgan fingerprint density at radius 2 is 2.18 bits per heavy atom. The van der Waals surface area contributed by atoms with Crippen LogP contribution in [0.2, 0.25) is 0 Å². The van der Waals surface area contributed by atoms with Gasteiger partial charge in [-0.05, 0) is 31.2 Å². The van der Waals surface area contributed by atoms with Gasteiger partial charge >= 0.3 is 0 Å². The molecule has 1 aromatic heterocycles. The Labute approximate surface area is 131 Å². The summed E-state index contributed by atoms with van der Waals surface area (Å²) in [6.07, 6.45) is 4.76. The van der Waals surface area contributed by atoms with Crippen molar-refractivity contribution < 1.29 is 9.21 Å². The summed E-state index contributed by atoms with van der Waals surface area (Å²) in [5.41, 5.74) is 8.14. The Morgan fingerprint density at radius 1 is 1.41 bits per heavy atom. The molecule has 3 rings (SSSR count). The average Bonchev–Trinajstić information content (AvgIpc) is 3.14. The Balaban J connectivity index is 1.78. The number of nitrogens with zero attached hydrogens (tertiary/aromatic N) is 1. The third kappa shape index (κ3) is 2.75. The van der Waals surface area contributed by atoms with Gasteiger partial charge in [0.05, 0.1) is 12.3 Å². The average molecular weight is 300 g/mol. The van der Waals surface area contributed by atoms with Gasteiger partial charge in [0.1, 0.15) is 5.58 Å². The van der Waals surface area contributed by atoms with E-state index in [1.54, 1.807) is 0 Å². The van der Waals surface area contributed by atoms with Crippen molar-refractivity contribution in [2.75, 3.05) is 6.54 Å². The normalized spacial score (nSPS) is 20.0. The second kappa shape index (κ2) is 6.13. The van der Waals surface area contributed by atoms with Gasteiger partial charge in [-0.15, -0.1) is 0 Å². The van der Waals surface area contributed by atoms with Crippen LogP contribution in [0.4, 0.5) is 0 Å². The number of rotatable bonds is 4. The number of hydrogen-bond acceptors (Lipinski definition) is 3. The SMILES string of the molecule is CC(C)[C@H](N)C(=O)N1CCC[C@H]1Cc1coc2ccccc12. The van der Waals surface area contributed by atoms with E-state index in [1.165, 1.54) is 5.56 Å². The number of likely N-dealkylation sites (tertiary alicyclic amines) is 1. The van der Waals surface area contributed by atoms with E-state index in [0.29, 0.717) is 0 Å². The van der Waals surface area contributed by atoms with Gasteiger partial charge < -0.3 is 15.1 Å². The molecule has 4 heteroatoms. The van der Waals surface area contributed by atoms with E-state index in [-0.39, 0.29) is 17.9 Å². The highest BCUT2D eigenvalue weighted by molar-refractivity contribution is 5.83. The predicted octanol–water partition coefficient (Wildman–Crippen LogP) is 2.95. The van der Waals surface area contributed by atoms with Crippen LogP contribution in [-0.2, 0) is 11.2 Å². The molecule has 0 bridgehead atoms. The molecule has 118 valence electrons. The van der Waals surface area contributed by atoms with Gasteiger partial charge in [-0.25, -0.2) is 0 Å². The first kappa shape index (κ1) is 15.1. The van der Waals surface area contributed by atoms with Gasteiger partial charge in [-0.1, -0.05) is 32.0 Å². The van der Waals surface area contributed by atoms with Gasteiger partial charge in [0.15, 0.2) is 0 Å². The van der Waals surface area contributed by atoms with Crippen LogP contribution in [0.25, 0.3) is 11.0 Å². The minimum absolute atomic E-state index is 0.0882. The summed E-state index contributed by atoms with van der Waals surface area (Å²) in [6, 6.07) is 7.89. The highest BCUT2D eigenvalue weighted by Gasteiger charge is 2.33. The first-order valence-electron chi connectivity index (χ1n) is 8.09. The fourth-order valence-electron chi connectivity index (χ4n) is 3.26. The lowest BCUT2D eigenvalue weighted by molar-refractivity contribution is -0.134. The number of fused-ring (bicyclic) bond motifs is 1. The lowest BCUT2D eigenvalue weighted by Gasteiger charge is -2.28. The van der Waals surface area contributed by atoms with E-state index in [1.807, 2.05) is 43.2 Å². The minimum Gasteiger partial charge on any atom is -0.464 e. The Morgan fingerprint density at radius 3 is 2.95 bits per heavy atom. The minimum atomic E-state index is -0.401. The first-order valence-corrected chi connectivity index (χ1v) is 8.09. The maximum absolute atomic E-state index is 12.6. The highest BCUT2D eigenvalue weighted by atomic mass is 16.3. The number of furan rings is 1. The molecular formula is C18H24N2O2. The molecule has 0 spiro atoms. The number of carbonyl (C=O) groups excluding carboxylic acids is 1. The fourth-order valence-corrected chi connectivity index (χ4v) is 3.26. The van der Waals surface area contributed by atoms with Crippen LogP contribution in [0, 0.1) is 5.92 Å². The van der Waals surface area contributed by atoms with E-state index >= 15 is 0 Å². The van der Waals surface area contributed by atoms with E-state index in [4.69, 9.17) is 10.2 Å². The van der Waals surface area contributed by atoms with Crippen molar-refractivity contribution >= 4 is 16.9 Å². The summed E-state index contributed by atoms with van der Waals surface area (Å²) in [7, 11) is 0. The fraction of sp³-hybridized carbons (Fsp3) is 0.500. The number of nitrogens with two attached hydrogens (primary N) is 1. The molecule has 1 fully saturated rings. The van der Waals surface area contributed by atoms with Crippen LogP contribution in [0.15, 0.2) is 34.9 Å². The Bertz CT molecular complexity index is 662. The summed E-state index contributed by atoms with van der Waals surface area (Å²) in [5, 5.41) is 1.15. The zero-order valence-electron chi connectivity index (χ0n) is 13.3. The standard InChI is InChI=1S/C18H24N2O2/c1-12(2)17(19)18(21)20-9-5-6-14(20)10-13-11-22-16-8-4-3-7-15(13)16/h3-4,7-8,11-12,14,17H,5-6,9-10,19H2,1-2H3/t14-,17-/m0/s1. The summed E-state index contributed by atoms with van der Waals surface area (Å²) < 4.78 is 5.61. The molecule has 1 saturated heterocycles. The maximum Gasteiger partial charge on any atom is 0.240 e. The van der Waals surface area contributed by atoms with Crippen LogP contribution >= 0.6 is 0 Å². The molecule has 0 radical (unpaired) electrons. The van der Waals surface area contributed by atoms with Gasteiger partial charge in [-0.3, -0.25) is 4.79 Å². The molecule has 1 aliphatic rings. The third-order valence-corrected chi connectivity index (χ3v) is 4.68. The number of hydrogen-bond donors (Lipinski definition) is 1. The van der Waals surface area contributed by atoms with E-state index in [0.717, 1.165) is 36.8 Å². The van der Waals surface area contributed by atoms with Crippen LogP contribution in [0.3, 0.4) is 0 Å². The molecule has 4 nitrogen and oxygen atoms in total. The lowest BCUT2D eigenvalue weighted by atomic mass is 10.0. The van der Waals surface area contributed by atoms with Crippen LogP contribution in [-0.4, -0.2) is 29.4 Å². The summed E-state index contributed by atoms with van der Waals surface area (Å²) in [4.78, 5) is 14.5. The molecule has 2 aromatic rings. The molecule has 2 atom stereocenters. The smallest absolute Gasteiger partial charge is 0.240 e. The number of carbonyl (C=O) groups is 1. The van der Waals surface area contributed by atoms with Crippen molar-refractivity contribution in [3.05, 3.63) is 36.1 Å². The second-order valence-corrected chi connectivity index (χ2v) is 6.56. The number of amides is 1. The topological polar surface area (TPSA) is 59.5 Å². The second-order valence-electron chi connectivity index (χ2n) is 6.56. The van der Waals surface area contributed by atoms with Gasteiger partial charge in [0.2, 0.25) is 5.91 Å². The molecule has 2 heterocycles. The molecule has 1 aliphatic heterocycles. The van der Waals surface area contributed by atoms with E-state index < -0.39 is 6.04 Å². The summed E-state index contributed by atoms with van der Waals surface area (Å²) >= 11 is 0. The predicted molar refractivity (Wildman–Crippen MR) is 87.5 cm³/mol. The van der Waals surface area contributed by atoms with Gasteiger partial charge in [0, 0.05) is 23.5 Å². The van der Waals surface area contributed by atoms with Crippen molar-refractivity contribution in [2.24, 2.45) is 11.7 Å². The molecule has 22 heavy (non-hydrogen) atoms.